The number of carbonyl (C=O) groups excluding carboxylic acids is 1. The van der Waals surface area contributed by atoms with Crippen molar-refractivity contribution in [2.75, 3.05) is 19.9 Å². The Balaban J connectivity index is 1.40. The Bertz CT molecular complexity index is 1140. The fourth-order valence-electron chi connectivity index (χ4n) is 7.44. The molecule has 194 valence electrons. The summed E-state index contributed by atoms with van der Waals surface area (Å²) in [6.07, 6.45) is 6.18. The second kappa shape index (κ2) is 8.21. The van der Waals surface area contributed by atoms with Gasteiger partial charge in [-0.2, -0.15) is 0 Å². The predicted octanol–water partition coefficient (Wildman–Crippen LogP) is 3.95. The number of carbonyl (C=O) groups is 2. The molecule has 8 heteroatoms. The molecule has 0 aromatic heterocycles. The Morgan fingerprint density at radius 3 is 2.64 bits per heavy atom. The summed E-state index contributed by atoms with van der Waals surface area (Å²) in [6.45, 7) is 7.98. The number of hydrogen-bond acceptors (Lipinski definition) is 7. The molecule has 1 aromatic rings. The highest BCUT2D eigenvalue weighted by molar-refractivity contribution is 5.86. The van der Waals surface area contributed by atoms with Crippen molar-refractivity contribution in [3.05, 3.63) is 34.9 Å². The van der Waals surface area contributed by atoms with Crippen molar-refractivity contribution in [3.8, 4) is 11.5 Å². The molecule has 1 unspecified atom stereocenters. The van der Waals surface area contributed by atoms with Crippen LogP contribution in [0.25, 0.3) is 0 Å². The maximum atomic E-state index is 13.9. The Kier molecular flexibility index (Phi) is 5.43. The summed E-state index contributed by atoms with van der Waals surface area (Å²) in [4.78, 5) is 28.3. The smallest absolute Gasteiger partial charge is 0.339 e. The second-order valence-electron chi connectivity index (χ2n) is 11.7. The van der Waals surface area contributed by atoms with Gasteiger partial charge in [-0.25, -0.2) is 4.79 Å². The maximum absolute atomic E-state index is 13.9. The van der Waals surface area contributed by atoms with E-state index in [2.05, 4.69) is 23.1 Å². The van der Waals surface area contributed by atoms with Crippen molar-refractivity contribution in [1.29, 1.82) is 0 Å². The van der Waals surface area contributed by atoms with E-state index in [1.54, 1.807) is 0 Å². The zero-order valence-electron chi connectivity index (χ0n) is 21.3. The largest absolute Gasteiger partial charge is 0.481 e. The SMILES string of the molecule is CC1=C[C@@]23CCCN2CCc2cc4c(cc2[C@@H]3C1OC(=O)[C@]1(CC(=O)O)CCCC(C)(C)O1)OCO4. The van der Waals surface area contributed by atoms with Gasteiger partial charge < -0.3 is 24.1 Å². The van der Waals surface area contributed by atoms with Gasteiger partial charge in [-0.15, -0.1) is 0 Å². The first-order valence-electron chi connectivity index (χ1n) is 13.1. The van der Waals surface area contributed by atoms with Gasteiger partial charge in [0.15, 0.2) is 17.1 Å². The van der Waals surface area contributed by atoms with Gasteiger partial charge in [0.1, 0.15) is 6.10 Å². The van der Waals surface area contributed by atoms with E-state index in [0.717, 1.165) is 61.4 Å². The first kappa shape index (κ1) is 23.8. The Hall–Kier alpha value is -2.58. The number of nitrogens with zero attached hydrogens (tertiary/aromatic N) is 1. The standard InChI is InChI=1S/C28H35NO7/c1-17-14-27-8-5-10-29(27)11-6-18-12-20-21(34-16-33-20)13-19(18)23(27)24(17)35-25(32)28(15-22(30)31)9-4-7-26(2,3)36-28/h12-14,23-24H,4-11,15-16H2,1-3H3,(H,30,31)/t23-,24?,27-,28-/m1/s1. The lowest BCUT2D eigenvalue weighted by atomic mass is 9.77. The molecule has 4 heterocycles. The van der Waals surface area contributed by atoms with Gasteiger partial charge in [0, 0.05) is 12.5 Å². The van der Waals surface area contributed by atoms with Gasteiger partial charge in [0.2, 0.25) is 6.79 Å². The molecule has 0 saturated carbocycles. The topological polar surface area (TPSA) is 94.5 Å². The lowest BCUT2D eigenvalue weighted by Crippen LogP contribution is -2.54. The average molecular weight is 498 g/mol. The second-order valence-corrected chi connectivity index (χ2v) is 11.7. The molecule has 36 heavy (non-hydrogen) atoms. The van der Waals surface area contributed by atoms with Crippen LogP contribution in [-0.2, 0) is 25.5 Å². The van der Waals surface area contributed by atoms with Crippen molar-refractivity contribution in [2.24, 2.45) is 0 Å². The van der Waals surface area contributed by atoms with Crippen molar-refractivity contribution >= 4 is 11.9 Å². The quantitative estimate of drug-likeness (QED) is 0.494. The number of rotatable bonds is 4. The van der Waals surface area contributed by atoms with Gasteiger partial charge in [0.25, 0.3) is 0 Å². The van der Waals surface area contributed by atoms with E-state index in [1.807, 2.05) is 20.8 Å². The third kappa shape index (κ3) is 3.64. The number of hydrogen-bond donors (Lipinski definition) is 1. The molecular weight excluding hydrogens is 462 g/mol. The Morgan fingerprint density at radius 2 is 1.89 bits per heavy atom. The van der Waals surface area contributed by atoms with Crippen LogP contribution in [-0.4, -0.2) is 64.7 Å². The van der Waals surface area contributed by atoms with Crippen LogP contribution in [0.5, 0.6) is 11.5 Å². The molecular formula is C28H35NO7. The molecule has 1 aromatic carbocycles. The lowest BCUT2D eigenvalue weighted by molar-refractivity contribution is -0.215. The fourth-order valence-corrected chi connectivity index (χ4v) is 7.44. The number of benzene rings is 1. The van der Waals surface area contributed by atoms with E-state index in [0.29, 0.717) is 12.8 Å². The third-order valence-electron chi connectivity index (χ3n) is 8.86. The summed E-state index contributed by atoms with van der Waals surface area (Å²) in [5, 5.41) is 9.70. The first-order valence-corrected chi connectivity index (χ1v) is 13.1. The van der Waals surface area contributed by atoms with Gasteiger partial charge in [-0.3, -0.25) is 9.69 Å². The molecule has 1 aliphatic carbocycles. The minimum Gasteiger partial charge on any atom is -0.481 e. The summed E-state index contributed by atoms with van der Waals surface area (Å²) < 4.78 is 24.0. The maximum Gasteiger partial charge on any atom is 0.339 e. The summed E-state index contributed by atoms with van der Waals surface area (Å²) in [7, 11) is 0. The third-order valence-corrected chi connectivity index (χ3v) is 8.86. The summed E-state index contributed by atoms with van der Waals surface area (Å²) in [5.74, 6) is -0.240. The molecule has 1 spiro atoms. The number of fused-ring (bicyclic) bond motifs is 3. The van der Waals surface area contributed by atoms with E-state index >= 15 is 0 Å². The monoisotopic (exact) mass is 497 g/mol. The van der Waals surface area contributed by atoms with Crippen LogP contribution < -0.4 is 9.47 Å². The minimum atomic E-state index is -1.48. The Morgan fingerprint density at radius 1 is 1.11 bits per heavy atom. The minimum absolute atomic E-state index is 0.102. The molecule has 4 atom stereocenters. The van der Waals surface area contributed by atoms with Gasteiger partial charge in [0.05, 0.1) is 17.6 Å². The van der Waals surface area contributed by atoms with Gasteiger partial charge >= 0.3 is 11.9 Å². The van der Waals surface area contributed by atoms with Crippen LogP contribution in [0.15, 0.2) is 23.8 Å². The number of esters is 1. The van der Waals surface area contributed by atoms with E-state index in [1.165, 1.54) is 5.56 Å². The molecule has 8 nitrogen and oxygen atoms in total. The van der Waals surface area contributed by atoms with Crippen LogP contribution >= 0.6 is 0 Å². The summed E-state index contributed by atoms with van der Waals surface area (Å²) in [6, 6.07) is 4.16. The zero-order chi connectivity index (χ0) is 25.3. The molecule has 0 bridgehead atoms. The number of carboxylic acids is 1. The molecule has 2 saturated heterocycles. The lowest BCUT2D eigenvalue weighted by Gasteiger charge is -2.44. The zero-order valence-corrected chi connectivity index (χ0v) is 21.3. The number of aliphatic carboxylic acids is 1. The molecule has 6 rings (SSSR count). The van der Waals surface area contributed by atoms with Crippen molar-refractivity contribution in [2.45, 2.75) is 94.5 Å². The average Bonchev–Trinajstić information content (AvgIpc) is 3.46. The van der Waals surface area contributed by atoms with E-state index in [4.69, 9.17) is 18.9 Å². The first-order chi connectivity index (χ1) is 17.1. The molecule has 0 amide bonds. The highest BCUT2D eigenvalue weighted by Gasteiger charge is 2.58. The normalized spacial score (nSPS) is 34.2. The molecule has 1 N–H and O–H groups in total. The van der Waals surface area contributed by atoms with Gasteiger partial charge in [-0.1, -0.05) is 6.08 Å². The molecule has 0 radical (unpaired) electrons. The fraction of sp³-hybridized carbons (Fsp3) is 0.643. The van der Waals surface area contributed by atoms with Crippen molar-refractivity contribution in [3.63, 3.8) is 0 Å². The molecule has 2 fully saturated rings. The highest BCUT2D eigenvalue weighted by atomic mass is 16.7. The van der Waals surface area contributed by atoms with Crippen LogP contribution in [0, 0.1) is 0 Å². The van der Waals surface area contributed by atoms with Crippen molar-refractivity contribution in [1.82, 2.24) is 4.90 Å². The van der Waals surface area contributed by atoms with Crippen LogP contribution in [0.2, 0.25) is 0 Å². The summed E-state index contributed by atoms with van der Waals surface area (Å²) >= 11 is 0. The van der Waals surface area contributed by atoms with Gasteiger partial charge in [-0.05, 0) is 94.7 Å². The van der Waals surface area contributed by atoms with Crippen molar-refractivity contribution < 1.29 is 33.6 Å². The highest BCUT2D eigenvalue weighted by Crippen LogP contribution is 2.55. The Labute approximate surface area is 211 Å². The van der Waals surface area contributed by atoms with E-state index in [9.17, 15) is 14.7 Å². The van der Waals surface area contributed by atoms with Crippen LogP contribution in [0.3, 0.4) is 0 Å². The van der Waals surface area contributed by atoms with E-state index in [-0.39, 0.29) is 18.2 Å². The molecule has 5 aliphatic rings. The van der Waals surface area contributed by atoms with Crippen LogP contribution in [0.4, 0.5) is 0 Å². The predicted molar refractivity (Wildman–Crippen MR) is 130 cm³/mol. The number of ether oxygens (including phenoxy) is 4. The number of carboxylic acid groups (broad SMARTS) is 1. The summed E-state index contributed by atoms with van der Waals surface area (Å²) in [5.41, 5.74) is 1.02. The van der Waals surface area contributed by atoms with Crippen LogP contribution in [0.1, 0.15) is 76.3 Å². The van der Waals surface area contributed by atoms with E-state index < -0.39 is 35.7 Å². The molecule has 4 aliphatic heterocycles.